The molecule has 1 amide bonds. The molecule has 17 heavy (non-hydrogen) atoms. The maximum Gasteiger partial charge on any atom is 0.230 e. The molecular formula is C11H10BrN3OS. The molecule has 0 unspecified atom stereocenters. The highest BCUT2D eigenvalue weighted by atomic mass is 79.9. The molecule has 0 fully saturated rings. The van der Waals surface area contributed by atoms with E-state index in [-0.39, 0.29) is 5.91 Å². The van der Waals surface area contributed by atoms with Crippen molar-refractivity contribution >= 4 is 44.7 Å². The largest absolute Gasteiger partial charge is 0.397 e. The van der Waals surface area contributed by atoms with Gasteiger partial charge in [-0.05, 0) is 44.4 Å². The third-order valence-corrected chi connectivity index (χ3v) is 3.40. The minimum absolute atomic E-state index is 0.0960. The lowest BCUT2D eigenvalue weighted by Gasteiger charge is -2.06. The average molecular weight is 312 g/mol. The number of hydrogen-bond acceptors (Lipinski definition) is 4. The molecule has 6 heteroatoms. The molecule has 2 aromatic heterocycles. The summed E-state index contributed by atoms with van der Waals surface area (Å²) in [5, 5.41) is 6.62. The van der Waals surface area contributed by atoms with Crippen LogP contribution in [0.5, 0.6) is 0 Å². The van der Waals surface area contributed by atoms with E-state index in [2.05, 4.69) is 26.2 Å². The number of thiophene rings is 1. The molecule has 88 valence electrons. The number of nitrogen functional groups attached to an aromatic ring is 1. The van der Waals surface area contributed by atoms with Crippen LogP contribution in [0.3, 0.4) is 0 Å². The summed E-state index contributed by atoms with van der Waals surface area (Å²) in [7, 11) is 0. The Balaban J connectivity index is 2.03. The number of carbonyl (C=O) groups excluding carboxylic acids is 1. The number of nitrogens with one attached hydrogen (secondary N) is 1. The van der Waals surface area contributed by atoms with Crippen molar-refractivity contribution in [3.8, 4) is 0 Å². The number of anilines is 2. The number of nitrogens with two attached hydrogens (primary N) is 1. The molecule has 0 bridgehead atoms. The van der Waals surface area contributed by atoms with Crippen molar-refractivity contribution in [2.75, 3.05) is 11.1 Å². The second-order valence-corrected chi connectivity index (χ2v) is 5.09. The number of rotatable bonds is 3. The standard InChI is InChI=1S/C11H10BrN3OS/c12-9-4-8(13)5-14-11(9)15-10(16)3-7-1-2-17-6-7/h1-2,4-6H,3,13H2,(H,14,15,16). The van der Waals surface area contributed by atoms with Gasteiger partial charge in [-0.1, -0.05) is 0 Å². The van der Waals surface area contributed by atoms with E-state index in [4.69, 9.17) is 5.73 Å². The van der Waals surface area contributed by atoms with Gasteiger partial charge in [0.05, 0.1) is 22.8 Å². The molecule has 2 rings (SSSR count). The van der Waals surface area contributed by atoms with Crippen molar-refractivity contribution in [3.63, 3.8) is 0 Å². The van der Waals surface area contributed by atoms with Gasteiger partial charge >= 0.3 is 0 Å². The van der Waals surface area contributed by atoms with E-state index in [1.807, 2.05) is 16.8 Å². The molecule has 2 heterocycles. The summed E-state index contributed by atoms with van der Waals surface area (Å²) in [5.74, 6) is 0.390. The van der Waals surface area contributed by atoms with Crippen molar-refractivity contribution in [2.24, 2.45) is 0 Å². The van der Waals surface area contributed by atoms with Crippen LogP contribution in [0.15, 0.2) is 33.6 Å². The third kappa shape index (κ3) is 3.28. The summed E-state index contributed by atoms with van der Waals surface area (Å²) >= 11 is 4.87. The van der Waals surface area contributed by atoms with E-state index >= 15 is 0 Å². The van der Waals surface area contributed by atoms with Crippen LogP contribution in [0.25, 0.3) is 0 Å². The van der Waals surface area contributed by atoms with E-state index in [0.29, 0.717) is 22.4 Å². The Labute approximate surface area is 111 Å². The summed E-state index contributed by atoms with van der Waals surface area (Å²) < 4.78 is 0.677. The quantitative estimate of drug-likeness (QED) is 0.915. The number of pyridine rings is 1. The average Bonchev–Trinajstić information content (AvgIpc) is 2.75. The molecule has 4 nitrogen and oxygen atoms in total. The molecule has 2 aromatic rings. The smallest absolute Gasteiger partial charge is 0.230 e. The lowest BCUT2D eigenvalue weighted by Crippen LogP contribution is -2.15. The Morgan fingerprint density at radius 1 is 1.59 bits per heavy atom. The van der Waals surface area contributed by atoms with Gasteiger partial charge < -0.3 is 11.1 Å². The number of hydrogen-bond donors (Lipinski definition) is 2. The summed E-state index contributed by atoms with van der Waals surface area (Å²) in [6, 6.07) is 3.63. The normalized spacial score (nSPS) is 10.2. The molecule has 3 N–H and O–H groups in total. The third-order valence-electron chi connectivity index (χ3n) is 2.06. The molecule has 0 saturated heterocycles. The predicted octanol–water partition coefficient (Wildman–Crippen LogP) is 2.67. The molecule has 0 aliphatic rings. The van der Waals surface area contributed by atoms with Gasteiger partial charge in [-0.2, -0.15) is 11.3 Å². The van der Waals surface area contributed by atoms with Crippen LogP contribution in [0.2, 0.25) is 0 Å². The number of amides is 1. The van der Waals surface area contributed by atoms with E-state index in [1.165, 1.54) is 6.20 Å². The SMILES string of the molecule is Nc1cnc(NC(=O)Cc2ccsc2)c(Br)c1. The minimum atomic E-state index is -0.0960. The van der Waals surface area contributed by atoms with Gasteiger partial charge in [0.25, 0.3) is 0 Å². The van der Waals surface area contributed by atoms with Gasteiger partial charge in [0.1, 0.15) is 5.82 Å². The first-order chi connectivity index (χ1) is 8.15. The van der Waals surface area contributed by atoms with Gasteiger partial charge in [-0.3, -0.25) is 4.79 Å². The van der Waals surface area contributed by atoms with Gasteiger partial charge in [0.2, 0.25) is 5.91 Å². The number of carbonyl (C=O) groups is 1. The molecule has 0 atom stereocenters. The molecule has 0 radical (unpaired) electrons. The monoisotopic (exact) mass is 311 g/mol. The number of nitrogens with zero attached hydrogens (tertiary/aromatic N) is 1. The maximum absolute atomic E-state index is 11.7. The van der Waals surface area contributed by atoms with Crippen LogP contribution in [0, 0.1) is 0 Å². The number of aromatic nitrogens is 1. The first-order valence-electron chi connectivity index (χ1n) is 4.87. The fraction of sp³-hybridized carbons (Fsp3) is 0.0909. The topological polar surface area (TPSA) is 68.0 Å². The molecule has 0 spiro atoms. The predicted molar refractivity (Wildman–Crippen MR) is 73.0 cm³/mol. The van der Waals surface area contributed by atoms with Crippen LogP contribution in [-0.2, 0) is 11.2 Å². The van der Waals surface area contributed by atoms with Crippen LogP contribution in [-0.4, -0.2) is 10.9 Å². The van der Waals surface area contributed by atoms with Crippen molar-refractivity contribution < 1.29 is 4.79 Å². The highest BCUT2D eigenvalue weighted by Crippen LogP contribution is 2.21. The minimum Gasteiger partial charge on any atom is -0.397 e. The Morgan fingerprint density at radius 3 is 3.06 bits per heavy atom. The zero-order chi connectivity index (χ0) is 12.3. The summed E-state index contributed by atoms with van der Waals surface area (Å²) in [6.45, 7) is 0. The highest BCUT2D eigenvalue weighted by Gasteiger charge is 2.08. The lowest BCUT2D eigenvalue weighted by molar-refractivity contribution is -0.115. The van der Waals surface area contributed by atoms with Crippen LogP contribution >= 0.6 is 27.3 Å². The summed E-state index contributed by atoms with van der Waals surface area (Å²) in [4.78, 5) is 15.8. The van der Waals surface area contributed by atoms with Crippen LogP contribution in [0.1, 0.15) is 5.56 Å². The van der Waals surface area contributed by atoms with E-state index < -0.39 is 0 Å². The second-order valence-electron chi connectivity index (χ2n) is 3.46. The van der Waals surface area contributed by atoms with Crippen molar-refractivity contribution in [1.82, 2.24) is 4.98 Å². The summed E-state index contributed by atoms with van der Waals surface area (Å²) in [5.41, 5.74) is 7.11. The van der Waals surface area contributed by atoms with Gasteiger partial charge in [-0.25, -0.2) is 4.98 Å². The maximum atomic E-state index is 11.7. The Morgan fingerprint density at radius 2 is 2.41 bits per heavy atom. The van der Waals surface area contributed by atoms with Crippen molar-refractivity contribution in [2.45, 2.75) is 6.42 Å². The van der Waals surface area contributed by atoms with Crippen molar-refractivity contribution in [1.29, 1.82) is 0 Å². The van der Waals surface area contributed by atoms with E-state index in [9.17, 15) is 4.79 Å². The van der Waals surface area contributed by atoms with Crippen LogP contribution < -0.4 is 11.1 Å². The molecule has 0 aromatic carbocycles. The lowest BCUT2D eigenvalue weighted by atomic mass is 10.2. The fourth-order valence-electron chi connectivity index (χ4n) is 1.30. The Kier molecular flexibility index (Phi) is 3.75. The Bertz CT molecular complexity index is 528. The molecular weight excluding hydrogens is 302 g/mol. The number of halogens is 1. The fourth-order valence-corrected chi connectivity index (χ4v) is 2.43. The zero-order valence-corrected chi connectivity index (χ0v) is 11.2. The second kappa shape index (κ2) is 5.29. The van der Waals surface area contributed by atoms with Gasteiger partial charge in [0.15, 0.2) is 0 Å². The van der Waals surface area contributed by atoms with Gasteiger partial charge in [0, 0.05) is 0 Å². The van der Waals surface area contributed by atoms with E-state index in [0.717, 1.165) is 5.56 Å². The molecule has 0 aliphatic carbocycles. The molecule has 0 saturated carbocycles. The zero-order valence-electron chi connectivity index (χ0n) is 8.81. The Hall–Kier alpha value is -1.40. The first-order valence-corrected chi connectivity index (χ1v) is 6.60. The van der Waals surface area contributed by atoms with E-state index in [1.54, 1.807) is 17.4 Å². The van der Waals surface area contributed by atoms with Crippen molar-refractivity contribution in [3.05, 3.63) is 39.1 Å². The summed E-state index contributed by atoms with van der Waals surface area (Å²) in [6.07, 6.45) is 1.85. The molecule has 0 aliphatic heterocycles. The first kappa shape index (κ1) is 12.1. The van der Waals surface area contributed by atoms with Gasteiger partial charge in [-0.15, -0.1) is 0 Å². The van der Waals surface area contributed by atoms with Crippen LogP contribution in [0.4, 0.5) is 11.5 Å². The highest BCUT2D eigenvalue weighted by molar-refractivity contribution is 9.10.